The van der Waals surface area contributed by atoms with Gasteiger partial charge in [-0.15, -0.1) is 0 Å². The molecule has 0 unspecified atom stereocenters. The summed E-state index contributed by atoms with van der Waals surface area (Å²) < 4.78 is 0. The van der Waals surface area contributed by atoms with Crippen LogP contribution in [0.5, 0.6) is 5.75 Å². The fourth-order valence-electron chi connectivity index (χ4n) is 3.41. The van der Waals surface area contributed by atoms with Gasteiger partial charge in [-0.05, 0) is 70.5 Å². The van der Waals surface area contributed by atoms with E-state index >= 15 is 0 Å². The van der Waals surface area contributed by atoms with Crippen molar-refractivity contribution in [1.82, 2.24) is 0 Å². The average Bonchev–Trinajstić information content (AvgIpc) is 2.74. The molecule has 1 N–H and O–H groups in total. The molecule has 0 atom stereocenters. The van der Waals surface area contributed by atoms with Gasteiger partial charge in [0.25, 0.3) is 0 Å². The number of phenolic OH excluding ortho intramolecular Hbond substituents is 1. The summed E-state index contributed by atoms with van der Waals surface area (Å²) in [4.78, 5) is 0. The molecule has 1 aliphatic rings. The molecule has 0 spiro atoms. The lowest BCUT2D eigenvalue weighted by molar-refractivity contribution is 0.475. The van der Waals surface area contributed by atoms with Gasteiger partial charge in [0.1, 0.15) is 5.75 Å². The maximum Gasteiger partial charge on any atom is 0.116 e. The molecule has 24 heavy (non-hydrogen) atoms. The van der Waals surface area contributed by atoms with Crippen molar-refractivity contribution in [2.45, 2.75) is 12.8 Å². The predicted octanol–water partition coefficient (Wildman–Crippen LogP) is 5.73. The second-order valence-corrected chi connectivity index (χ2v) is 6.48. The van der Waals surface area contributed by atoms with Crippen LogP contribution < -0.4 is 0 Å². The van der Waals surface area contributed by atoms with Gasteiger partial charge in [-0.2, -0.15) is 0 Å². The number of fused-ring (bicyclic) bond motifs is 2. The third kappa shape index (κ3) is 2.72. The molecular weight excluding hydrogens is 316 g/mol. The monoisotopic (exact) mass is 332 g/mol. The molecule has 0 radical (unpaired) electrons. The second kappa shape index (κ2) is 6.18. The van der Waals surface area contributed by atoms with Crippen LogP contribution in [0.25, 0.3) is 11.6 Å². The van der Waals surface area contributed by atoms with E-state index in [0.29, 0.717) is 0 Å². The highest BCUT2D eigenvalue weighted by atomic mass is 35.5. The van der Waals surface area contributed by atoms with Crippen molar-refractivity contribution in [1.29, 1.82) is 0 Å². The Kier molecular flexibility index (Phi) is 3.87. The van der Waals surface area contributed by atoms with E-state index in [1.54, 1.807) is 12.1 Å². The van der Waals surface area contributed by atoms with Crippen LogP contribution in [0.2, 0.25) is 5.02 Å². The van der Waals surface area contributed by atoms with E-state index in [4.69, 9.17) is 11.6 Å². The first-order chi connectivity index (χ1) is 11.7. The molecule has 1 nitrogen and oxygen atoms in total. The first-order valence-corrected chi connectivity index (χ1v) is 8.47. The Morgan fingerprint density at radius 2 is 1.62 bits per heavy atom. The summed E-state index contributed by atoms with van der Waals surface area (Å²) in [5.74, 6) is 0.276. The van der Waals surface area contributed by atoms with Crippen LogP contribution in [0, 0.1) is 0 Å². The molecule has 0 bridgehead atoms. The Labute approximate surface area is 146 Å². The quantitative estimate of drug-likeness (QED) is 0.603. The second-order valence-electron chi connectivity index (χ2n) is 6.08. The first-order valence-electron chi connectivity index (χ1n) is 8.09. The summed E-state index contributed by atoms with van der Waals surface area (Å²) in [5, 5.41) is 10.6. The fourth-order valence-corrected chi connectivity index (χ4v) is 3.68. The maximum absolute atomic E-state index is 9.78. The lowest BCUT2D eigenvalue weighted by atomic mass is 9.92. The third-order valence-electron chi connectivity index (χ3n) is 4.54. The van der Waals surface area contributed by atoms with Gasteiger partial charge in [0.05, 0.1) is 0 Å². The van der Waals surface area contributed by atoms with Crippen molar-refractivity contribution < 1.29 is 5.11 Å². The summed E-state index contributed by atoms with van der Waals surface area (Å²) in [5.41, 5.74) is 7.08. The van der Waals surface area contributed by atoms with E-state index < -0.39 is 0 Å². The minimum atomic E-state index is 0.276. The SMILES string of the molecule is Oc1cccc(/C=C2\c3ccccc3CCc3c(Cl)cccc32)c1. The van der Waals surface area contributed by atoms with Crippen molar-refractivity contribution in [2.24, 2.45) is 0 Å². The zero-order valence-electron chi connectivity index (χ0n) is 13.2. The highest BCUT2D eigenvalue weighted by Crippen LogP contribution is 2.37. The molecule has 0 fully saturated rings. The summed E-state index contributed by atoms with van der Waals surface area (Å²) in [6.45, 7) is 0. The van der Waals surface area contributed by atoms with Crippen LogP contribution >= 0.6 is 11.6 Å². The molecule has 0 aromatic heterocycles. The molecule has 3 aromatic carbocycles. The van der Waals surface area contributed by atoms with E-state index in [9.17, 15) is 5.11 Å². The normalized spacial score (nSPS) is 14.8. The molecule has 0 amide bonds. The number of hydrogen-bond donors (Lipinski definition) is 1. The molecular formula is C22H17ClO. The Balaban J connectivity index is 1.99. The average molecular weight is 333 g/mol. The zero-order chi connectivity index (χ0) is 16.5. The highest BCUT2D eigenvalue weighted by molar-refractivity contribution is 6.31. The molecule has 1 aliphatic carbocycles. The fraction of sp³-hybridized carbons (Fsp3) is 0.0909. The Morgan fingerprint density at radius 1 is 0.833 bits per heavy atom. The summed E-state index contributed by atoms with van der Waals surface area (Å²) in [6, 6.07) is 22.0. The van der Waals surface area contributed by atoms with Crippen LogP contribution in [0.1, 0.15) is 27.8 Å². The third-order valence-corrected chi connectivity index (χ3v) is 4.90. The van der Waals surface area contributed by atoms with E-state index in [1.807, 2.05) is 24.3 Å². The summed E-state index contributed by atoms with van der Waals surface area (Å²) >= 11 is 6.48. The van der Waals surface area contributed by atoms with Gasteiger partial charge in [-0.25, -0.2) is 0 Å². The largest absolute Gasteiger partial charge is 0.508 e. The van der Waals surface area contributed by atoms with Crippen molar-refractivity contribution in [3.05, 3.63) is 99.6 Å². The van der Waals surface area contributed by atoms with Crippen LogP contribution in [0.15, 0.2) is 66.7 Å². The van der Waals surface area contributed by atoms with Crippen molar-refractivity contribution >= 4 is 23.3 Å². The molecule has 3 aromatic rings. The predicted molar refractivity (Wildman–Crippen MR) is 100 cm³/mol. The Hall–Kier alpha value is -2.51. The van der Waals surface area contributed by atoms with Gasteiger partial charge in [0, 0.05) is 5.02 Å². The van der Waals surface area contributed by atoms with E-state index in [1.165, 1.54) is 22.3 Å². The minimum absolute atomic E-state index is 0.276. The number of aromatic hydroxyl groups is 1. The number of rotatable bonds is 1. The van der Waals surface area contributed by atoms with Crippen LogP contribution in [-0.4, -0.2) is 5.11 Å². The molecule has 118 valence electrons. The Bertz CT molecular complexity index is 940. The molecule has 0 saturated carbocycles. The smallest absolute Gasteiger partial charge is 0.116 e. The lowest BCUT2D eigenvalue weighted by Crippen LogP contribution is -1.93. The topological polar surface area (TPSA) is 20.2 Å². The number of halogens is 1. The van der Waals surface area contributed by atoms with Crippen molar-refractivity contribution in [3.63, 3.8) is 0 Å². The standard InChI is InChI=1S/C22H17ClO/c23-22-10-4-9-19-20(22)12-11-16-6-1-2-8-18(16)21(19)14-15-5-3-7-17(24)13-15/h1-10,13-14,24H,11-12H2/b21-14+. The van der Waals surface area contributed by atoms with Crippen LogP contribution in [0.3, 0.4) is 0 Å². The van der Waals surface area contributed by atoms with Gasteiger partial charge in [-0.3, -0.25) is 0 Å². The number of hydrogen-bond acceptors (Lipinski definition) is 1. The first kappa shape index (κ1) is 15.0. The van der Waals surface area contributed by atoms with E-state index in [0.717, 1.165) is 29.0 Å². The molecule has 0 aliphatic heterocycles. The van der Waals surface area contributed by atoms with Gasteiger partial charge < -0.3 is 5.11 Å². The van der Waals surface area contributed by atoms with Gasteiger partial charge in [0.15, 0.2) is 0 Å². The minimum Gasteiger partial charge on any atom is -0.508 e. The molecule has 2 heteroatoms. The Morgan fingerprint density at radius 3 is 2.50 bits per heavy atom. The van der Waals surface area contributed by atoms with Gasteiger partial charge in [0.2, 0.25) is 0 Å². The number of aryl methyl sites for hydroxylation is 1. The maximum atomic E-state index is 9.78. The zero-order valence-corrected chi connectivity index (χ0v) is 13.9. The lowest BCUT2D eigenvalue weighted by Gasteiger charge is -2.13. The number of phenols is 1. The number of benzene rings is 3. The summed E-state index contributed by atoms with van der Waals surface area (Å²) in [7, 11) is 0. The van der Waals surface area contributed by atoms with Gasteiger partial charge in [-0.1, -0.05) is 60.1 Å². The van der Waals surface area contributed by atoms with E-state index in [2.05, 4.69) is 36.4 Å². The van der Waals surface area contributed by atoms with Crippen LogP contribution in [-0.2, 0) is 12.8 Å². The van der Waals surface area contributed by atoms with Crippen molar-refractivity contribution in [3.8, 4) is 5.75 Å². The van der Waals surface area contributed by atoms with E-state index in [-0.39, 0.29) is 5.75 Å². The van der Waals surface area contributed by atoms with Crippen LogP contribution in [0.4, 0.5) is 0 Å². The highest BCUT2D eigenvalue weighted by Gasteiger charge is 2.19. The molecule has 4 rings (SSSR count). The molecule has 0 heterocycles. The summed E-state index contributed by atoms with van der Waals surface area (Å²) in [6.07, 6.45) is 4.05. The van der Waals surface area contributed by atoms with Crippen molar-refractivity contribution in [2.75, 3.05) is 0 Å². The molecule has 0 saturated heterocycles. The van der Waals surface area contributed by atoms with Gasteiger partial charge >= 0.3 is 0 Å².